The summed E-state index contributed by atoms with van der Waals surface area (Å²) >= 11 is 1.74. The summed E-state index contributed by atoms with van der Waals surface area (Å²) in [5.41, 5.74) is 5.65. The van der Waals surface area contributed by atoms with Gasteiger partial charge in [-0.1, -0.05) is 29.8 Å². The molecule has 0 spiro atoms. The largest absolute Gasteiger partial charge is 0.326 e. The molecular weight excluding hydrogens is 316 g/mol. The Morgan fingerprint density at radius 3 is 2.21 bits per heavy atom. The summed E-state index contributed by atoms with van der Waals surface area (Å²) < 4.78 is 0. The Kier molecular flexibility index (Phi) is 6.46. The van der Waals surface area contributed by atoms with Crippen LogP contribution in [0.15, 0.2) is 41.3 Å². The van der Waals surface area contributed by atoms with E-state index in [4.69, 9.17) is 0 Å². The number of nitrogens with one attached hydrogen (secondary N) is 2. The van der Waals surface area contributed by atoms with Crippen LogP contribution in [0.3, 0.4) is 0 Å². The zero-order valence-corrected chi connectivity index (χ0v) is 16.0. The molecule has 1 unspecified atom stereocenters. The van der Waals surface area contributed by atoms with Crippen LogP contribution in [0.4, 0.5) is 5.69 Å². The minimum atomic E-state index is 0.0586. The summed E-state index contributed by atoms with van der Waals surface area (Å²) in [5, 5.41) is 3.08. The molecule has 3 nitrogen and oxygen atoms in total. The first-order valence-corrected chi connectivity index (χ1v) is 9.43. The maximum atomic E-state index is 12.4. The minimum Gasteiger partial charge on any atom is -0.326 e. The SMILES string of the molecule is CSc1ccc(C[NH+](C)CC(=O)Nc2c(C)cc(C)cc2C)cc1. The molecule has 2 aromatic rings. The molecule has 0 fully saturated rings. The Morgan fingerprint density at radius 2 is 1.67 bits per heavy atom. The summed E-state index contributed by atoms with van der Waals surface area (Å²) in [6, 6.07) is 12.8. The van der Waals surface area contributed by atoms with Crippen LogP contribution >= 0.6 is 11.8 Å². The Hall–Kier alpha value is -1.78. The Balaban J connectivity index is 1.94. The van der Waals surface area contributed by atoms with E-state index in [9.17, 15) is 4.79 Å². The first-order chi connectivity index (χ1) is 11.4. The molecule has 0 aliphatic heterocycles. The zero-order chi connectivity index (χ0) is 17.7. The van der Waals surface area contributed by atoms with E-state index in [0.29, 0.717) is 6.54 Å². The van der Waals surface area contributed by atoms with Crippen molar-refractivity contribution < 1.29 is 9.69 Å². The summed E-state index contributed by atoms with van der Waals surface area (Å²) in [4.78, 5) is 14.8. The topological polar surface area (TPSA) is 33.5 Å². The van der Waals surface area contributed by atoms with Crippen molar-refractivity contribution in [2.45, 2.75) is 32.2 Å². The fourth-order valence-electron chi connectivity index (χ4n) is 2.99. The number of amides is 1. The number of likely N-dealkylation sites (N-methyl/N-ethyl adjacent to an activating group) is 1. The van der Waals surface area contributed by atoms with E-state index in [1.807, 2.05) is 13.8 Å². The van der Waals surface area contributed by atoms with Gasteiger partial charge in [0.15, 0.2) is 6.54 Å². The summed E-state index contributed by atoms with van der Waals surface area (Å²) in [7, 11) is 2.05. The standard InChI is InChI=1S/C20H26N2OS/c1-14-10-15(2)20(16(3)11-14)21-19(23)13-22(4)12-17-6-8-18(24-5)9-7-17/h6-11H,12-13H2,1-5H3,(H,21,23)/p+1. The zero-order valence-electron chi connectivity index (χ0n) is 15.2. The molecule has 0 aliphatic rings. The number of benzene rings is 2. The molecule has 0 bridgehead atoms. The molecule has 0 saturated carbocycles. The number of hydrogen-bond acceptors (Lipinski definition) is 2. The van der Waals surface area contributed by atoms with Crippen molar-refractivity contribution in [2.24, 2.45) is 0 Å². The number of quaternary nitrogens is 1. The van der Waals surface area contributed by atoms with Crippen LogP contribution in [0.1, 0.15) is 22.3 Å². The van der Waals surface area contributed by atoms with Crippen LogP contribution in [0.2, 0.25) is 0 Å². The predicted octanol–water partition coefficient (Wildman–Crippen LogP) is 2.99. The molecule has 1 atom stereocenters. The van der Waals surface area contributed by atoms with E-state index in [1.165, 1.54) is 20.9 Å². The number of carbonyl (C=O) groups is 1. The van der Waals surface area contributed by atoms with Crippen molar-refractivity contribution >= 4 is 23.4 Å². The molecule has 2 rings (SSSR count). The second kappa shape index (κ2) is 8.36. The van der Waals surface area contributed by atoms with Gasteiger partial charge in [0.2, 0.25) is 0 Å². The highest BCUT2D eigenvalue weighted by atomic mass is 32.2. The van der Waals surface area contributed by atoms with Crippen molar-refractivity contribution in [1.29, 1.82) is 0 Å². The van der Waals surface area contributed by atoms with Crippen molar-refractivity contribution in [2.75, 3.05) is 25.2 Å². The predicted molar refractivity (Wildman–Crippen MR) is 103 cm³/mol. The molecule has 4 heteroatoms. The maximum absolute atomic E-state index is 12.4. The Bertz CT molecular complexity index is 687. The smallest absolute Gasteiger partial charge is 0.279 e. The summed E-state index contributed by atoms with van der Waals surface area (Å²) in [6.45, 7) is 7.45. The first-order valence-electron chi connectivity index (χ1n) is 8.21. The van der Waals surface area contributed by atoms with Gasteiger partial charge in [0.25, 0.3) is 5.91 Å². The molecule has 2 N–H and O–H groups in total. The molecular formula is C20H27N2OS+. The third kappa shape index (κ3) is 5.11. The van der Waals surface area contributed by atoms with E-state index in [0.717, 1.165) is 23.4 Å². The fourth-order valence-corrected chi connectivity index (χ4v) is 3.40. The molecule has 0 saturated heterocycles. The summed E-state index contributed by atoms with van der Waals surface area (Å²) in [6.07, 6.45) is 2.08. The van der Waals surface area contributed by atoms with Crippen LogP contribution in [0, 0.1) is 20.8 Å². The molecule has 0 heterocycles. The monoisotopic (exact) mass is 343 g/mol. The van der Waals surface area contributed by atoms with Gasteiger partial charge in [-0.25, -0.2) is 0 Å². The van der Waals surface area contributed by atoms with Gasteiger partial charge in [-0.15, -0.1) is 11.8 Å². The lowest BCUT2D eigenvalue weighted by molar-refractivity contribution is -0.885. The van der Waals surface area contributed by atoms with Crippen LogP contribution in [-0.2, 0) is 11.3 Å². The van der Waals surface area contributed by atoms with E-state index >= 15 is 0 Å². The number of thioether (sulfide) groups is 1. The van der Waals surface area contributed by atoms with E-state index < -0.39 is 0 Å². The molecule has 0 aromatic heterocycles. The lowest BCUT2D eigenvalue weighted by atomic mass is 10.1. The van der Waals surface area contributed by atoms with Crippen molar-refractivity contribution in [1.82, 2.24) is 0 Å². The third-order valence-electron chi connectivity index (χ3n) is 4.07. The van der Waals surface area contributed by atoms with Crippen LogP contribution < -0.4 is 10.2 Å². The highest BCUT2D eigenvalue weighted by Gasteiger charge is 2.13. The average molecular weight is 344 g/mol. The van der Waals surface area contributed by atoms with Gasteiger partial charge in [-0.2, -0.15) is 0 Å². The number of hydrogen-bond donors (Lipinski definition) is 2. The van der Waals surface area contributed by atoms with E-state index in [2.05, 4.69) is 61.9 Å². The van der Waals surface area contributed by atoms with E-state index in [1.54, 1.807) is 11.8 Å². The van der Waals surface area contributed by atoms with Gasteiger partial charge < -0.3 is 10.2 Å². The van der Waals surface area contributed by atoms with Crippen molar-refractivity contribution in [3.63, 3.8) is 0 Å². The van der Waals surface area contributed by atoms with Gasteiger partial charge in [0, 0.05) is 16.1 Å². The number of aryl methyl sites for hydroxylation is 3. The van der Waals surface area contributed by atoms with Crippen molar-refractivity contribution in [3.05, 3.63) is 58.7 Å². The molecule has 2 aromatic carbocycles. The Morgan fingerprint density at radius 1 is 1.08 bits per heavy atom. The van der Waals surface area contributed by atoms with Gasteiger partial charge in [-0.3, -0.25) is 4.79 Å². The normalized spacial score (nSPS) is 12.0. The highest BCUT2D eigenvalue weighted by Crippen LogP contribution is 2.21. The lowest BCUT2D eigenvalue weighted by Crippen LogP contribution is -3.08. The van der Waals surface area contributed by atoms with Crippen LogP contribution in [0.5, 0.6) is 0 Å². The second-order valence-electron chi connectivity index (χ2n) is 6.48. The number of anilines is 1. The van der Waals surface area contributed by atoms with Crippen LogP contribution in [-0.4, -0.2) is 25.8 Å². The fraction of sp³-hybridized carbons (Fsp3) is 0.350. The highest BCUT2D eigenvalue weighted by molar-refractivity contribution is 7.98. The van der Waals surface area contributed by atoms with Crippen molar-refractivity contribution in [3.8, 4) is 0 Å². The quantitative estimate of drug-likeness (QED) is 0.791. The van der Waals surface area contributed by atoms with Gasteiger partial charge >= 0.3 is 0 Å². The molecule has 1 amide bonds. The summed E-state index contributed by atoms with van der Waals surface area (Å²) in [5.74, 6) is 0.0586. The van der Waals surface area contributed by atoms with Gasteiger partial charge in [0.1, 0.15) is 6.54 Å². The van der Waals surface area contributed by atoms with Gasteiger partial charge in [0.05, 0.1) is 7.05 Å². The lowest BCUT2D eigenvalue weighted by Gasteiger charge is -2.16. The average Bonchev–Trinajstić information content (AvgIpc) is 2.51. The number of carbonyl (C=O) groups excluding carboxylic acids is 1. The number of rotatable bonds is 6. The van der Waals surface area contributed by atoms with E-state index in [-0.39, 0.29) is 5.91 Å². The second-order valence-corrected chi connectivity index (χ2v) is 7.36. The van der Waals surface area contributed by atoms with Gasteiger partial charge in [-0.05, 0) is 50.3 Å². The third-order valence-corrected chi connectivity index (χ3v) is 4.81. The minimum absolute atomic E-state index is 0.0586. The Labute approximate surface area is 149 Å². The molecule has 24 heavy (non-hydrogen) atoms. The molecule has 128 valence electrons. The molecule has 0 radical (unpaired) electrons. The molecule has 0 aliphatic carbocycles. The maximum Gasteiger partial charge on any atom is 0.279 e. The first kappa shape index (κ1) is 18.6. The van der Waals surface area contributed by atoms with Crippen LogP contribution in [0.25, 0.3) is 0 Å².